The molecule has 6 heteroatoms. The van der Waals surface area contributed by atoms with Gasteiger partial charge in [0, 0.05) is 13.1 Å². The SMILES string of the molecule is COc1ccc([C@@H]2CCCN2S(=O)(=O)c2ccc(CN(C)C)cc2)cc1. The number of benzene rings is 2. The van der Waals surface area contributed by atoms with Crippen molar-refractivity contribution in [1.29, 1.82) is 0 Å². The maximum absolute atomic E-state index is 13.2. The van der Waals surface area contributed by atoms with Crippen LogP contribution in [0.1, 0.15) is 30.0 Å². The fourth-order valence-electron chi connectivity index (χ4n) is 3.45. The second-order valence-corrected chi connectivity index (χ2v) is 8.82. The fraction of sp³-hybridized carbons (Fsp3) is 0.400. The highest BCUT2D eigenvalue weighted by Gasteiger charge is 2.36. The molecule has 0 unspecified atom stereocenters. The standard InChI is InChI=1S/C20H26N2O3S/c1-21(2)15-16-6-12-19(13-7-16)26(23,24)22-14-4-5-20(22)17-8-10-18(25-3)11-9-17/h6-13,20H,4-5,14-15H2,1-3H3/t20-/m0/s1. The van der Waals surface area contributed by atoms with Gasteiger partial charge in [0.25, 0.3) is 0 Å². The lowest BCUT2D eigenvalue weighted by Crippen LogP contribution is -2.30. The van der Waals surface area contributed by atoms with Crippen LogP contribution in [0.15, 0.2) is 53.4 Å². The van der Waals surface area contributed by atoms with Gasteiger partial charge >= 0.3 is 0 Å². The first kappa shape index (κ1) is 18.9. The number of sulfonamides is 1. The van der Waals surface area contributed by atoms with Gasteiger partial charge in [0.1, 0.15) is 5.75 Å². The van der Waals surface area contributed by atoms with E-state index in [1.54, 1.807) is 23.5 Å². The first-order valence-corrected chi connectivity index (χ1v) is 10.3. The molecule has 140 valence electrons. The van der Waals surface area contributed by atoms with Crippen LogP contribution in [0.5, 0.6) is 5.75 Å². The molecule has 0 radical (unpaired) electrons. The summed E-state index contributed by atoms with van der Waals surface area (Å²) in [6, 6.07) is 14.8. The van der Waals surface area contributed by atoms with Crippen molar-refractivity contribution in [3.63, 3.8) is 0 Å². The van der Waals surface area contributed by atoms with Crippen molar-refractivity contribution in [1.82, 2.24) is 9.21 Å². The first-order valence-electron chi connectivity index (χ1n) is 8.81. The zero-order valence-corrected chi connectivity index (χ0v) is 16.4. The highest BCUT2D eigenvalue weighted by molar-refractivity contribution is 7.89. The number of nitrogens with zero attached hydrogens (tertiary/aromatic N) is 2. The number of hydrogen-bond donors (Lipinski definition) is 0. The second-order valence-electron chi connectivity index (χ2n) is 6.93. The zero-order valence-electron chi connectivity index (χ0n) is 15.6. The minimum absolute atomic E-state index is 0.118. The van der Waals surface area contributed by atoms with E-state index in [0.717, 1.165) is 36.3 Å². The van der Waals surface area contributed by atoms with Crippen molar-refractivity contribution in [3.8, 4) is 5.75 Å². The molecule has 0 spiro atoms. The molecule has 1 aliphatic rings. The summed E-state index contributed by atoms with van der Waals surface area (Å²) < 4.78 is 33.2. The minimum atomic E-state index is -3.51. The molecule has 1 saturated heterocycles. The third kappa shape index (κ3) is 3.92. The van der Waals surface area contributed by atoms with E-state index in [-0.39, 0.29) is 6.04 Å². The lowest BCUT2D eigenvalue weighted by molar-refractivity contribution is 0.394. The molecule has 1 atom stereocenters. The van der Waals surface area contributed by atoms with Gasteiger partial charge in [0.2, 0.25) is 10.0 Å². The van der Waals surface area contributed by atoms with E-state index in [9.17, 15) is 8.42 Å². The summed E-state index contributed by atoms with van der Waals surface area (Å²) in [4.78, 5) is 2.42. The highest BCUT2D eigenvalue weighted by Crippen LogP contribution is 2.37. The number of methoxy groups -OCH3 is 1. The van der Waals surface area contributed by atoms with E-state index < -0.39 is 10.0 Å². The smallest absolute Gasteiger partial charge is 0.243 e. The summed E-state index contributed by atoms with van der Waals surface area (Å²) in [7, 11) is 2.11. The Labute approximate surface area is 156 Å². The Bertz CT molecular complexity index is 830. The lowest BCUT2D eigenvalue weighted by Gasteiger charge is -2.24. The number of ether oxygens (including phenoxy) is 1. The third-order valence-electron chi connectivity index (χ3n) is 4.73. The van der Waals surface area contributed by atoms with Crippen molar-refractivity contribution < 1.29 is 13.2 Å². The molecule has 5 nitrogen and oxygen atoms in total. The van der Waals surface area contributed by atoms with E-state index in [1.165, 1.54) is 0 Å². The molecule has 3 rings (SSSR count). The third-order valence-corrected chi connectivity index (χ3v) is 6.66. The van der Waals surface area contributed by atoms with E-state index in [0.29, 0.717) is 11.4 Å². The maximum atomic E-state index is 13.2. The molecule has 1 heterocycles. The number of rotatable bonds is 6. The van der Waals surface area contributed by atoms with Crippen LogP contribution in [0.4, 0.5) is 0 Å². The Kier molecular flexibility index (Phi) is 5.65. The van der Waals surface area contributed by atoms with Crippen LogP contribution >= 0.6 is 0 Å². The summed E-state index contributed by atoms with van der Waals surface area (Å²) in [5.41, 5.74) is 2.11. The lowest BCUT2D eigenvalue weighted by atomic mass is 10.1. The Hall–Kier alpha value is -1.89. The second kappa shape index (κ2) is 7.78. The molecule has 2 aromatic rings. The van der Waals surface area contributed by atoms with E-state index in [4.69, 9.17) is 4.74 Å². The first-order chi connectivity index (χ1) is 12.4. The Balaban J connectivity index is 1.85. The summed E-state index contributed by atoms with van der Waals surface area (Å²) in [5.74, 6) is 0.776. The predicted molar refractivity (Wildman–Crippen MR) is 103 cm³/mol. The molecule has 0 N–H and O–H groups in total. The van der Waals surface area contributed by atoms with Crippen LogP contribution < -0.4 is 4.74 Å². The van der Waals surface area contributed by atoms with Crippen molar-refractivity contribution in [2.45, 2.75) is 30.3 Å². The fourth-order valence-corrected chi connectivity index (χ4v) is 5.14. The van der Waals surface area contributed by atoms with Gasteiger partial charge < -0.3 is 9.64 Å². The molecule has 0 saturated carbocycles. The van der Waals surface area contributed by atoms with E-state index >= 15 is 0 Å². The number of hydrogen-bond acceptors (Lipinski definition) is 4. The molecular weight excluding hydrogens is 348 g/mol. The van der Waals surface area contributed by atoms with Gasteiger partial charge in [0.15, 0.2) is 0 Å². The van der Waals surface area contributed by atoms with Crippen LogP contribution in [0.2, 0.25) is 0 Å². The van der Waals surface area contributed by atoms with Crippen molar-refractivity contribution in [3.05, 3.63) is 59.7 Å². The molecule has 0 aliphatic carbocycles. The van der Waals surface area contributed by atoms with Crippen LogP contribution in [-0.4, -0.2) is 45.4 Å². The van der Waals surface area contributed by atoms with E-state index in [1.807, 2.05) is 50.5 Å². The molecule has 1 fully saturated rings. The molecule has 0 aromatic heterocycles. The van der Waals surface area contributed by atoms with Crippen LogP contribution in [-0.2, 0) is 16.6 Å². The van der Waals surface area contributed by atoms with Crippen molar-refractivity contribution >= 4 is 10.0 Å². The summed E-state index contributed by atoms with van der Waals surface area (Å²) in [5, 5.41) is 0. The average Bonchev–Trinajstić information content (AvgIpc) is 3.12. The largest absolute Gasteiger partial charge is 0.497 e. The summed E-state index contributed by atoms with van der Waals surface area (Å²) in [6.07, 6.45) is 1.71. The molecular formula is C20H26N2O3S. The van der Waals surface area contributed by atoms with Gasteiger partial charge in [-0.3, -0.25) is 0 Å². The van der Waals surface area contributed by atoms with Gasteiger partial charge in [-0.25, -0.2) is 8.42 Å². The van der Waals surface area contributed by atoms with Gasteiger partial charge in [-0.05, 0) is 62.3 Å². The molecule has 0 amide bonds. The topological polar surface area (TPSA) is 49.9 Å². The molecule has 1 aliphatic heterocycles. The van der Waals surface area contributed by atoms with Gasteiger partial charge in [0.05, 0.1) is 18.0 Å². The maximum Gasteiger partial charge on any atom is 0.243 e. The molecule has 0 bridgehead atoms. The Morgan fingerprint density at radius 2 is 1.73 bits per heavy atom. The van der Waals surface area contributed by atoms with E-state index in [2.05, 4.69) is 4.90 Å². The Morgan fingerprint density at radius 1 is 1.08 bits per heavy atom. The van der Waals surface area contributed by atoms with Gasteiger partial charge in [-0.15, -0.1) is 0 Å². The Morgan fingerprint density at radius 3 is 2.31 bits per heavy atom. The van der Waals surface area contributed by atoms with Gasteiger partial charge in [-0.2, -0.15) is 4.31 Å². The molecule has 2 aromatic carbocycles. The normalized spacial score (nSPS) is 18.4. The van der Waals surface area contributed by atoms with Crippen molar-refractivity contribution in [2.24, 2.45) is 0 Å². The highest BCUT2D eigenvalue weighted by atomic mass is 32.2. The summed E-state index contributed by atoms with van der Waals surface area (Å²) in [6.45, 7) is 1.34. The minimum Gasteiger partial charge on any atom is -0.497 e. The quantitative estimate of drug-likeness (QED) is 0.779. The average molecular weight is 375 g/mol. The monoisotopic (exact) mass is 374 g/mol. The van der Waals surface area contributed by atoms with Gasteiger partial charge in [-0.1, -0.05) is 24.3 Å². The summed E-state index contributed by atoms with van der Waals surface area (Å²) >= 11 is 0. The zero-order chi connectivity index (χ0) is 18.7. The van der Waals surface area contributed by atoms with Crippen LogP contribution in [0.25, 0.3) is 0 Å². The van der Waals surface area contributed by atoms with Crippen LogP contribution in [0.3, 0.4) is 0 Å². The predicted octanol–water partition coefficient (Wildman–Crippen LogP) is 3.28. The van der Waals surface area contributed by atoms with Crippen LogP contribution in [0, 0.1) is 0 Å². The molecule has 26 heavy (non-hydrogen) atoms. The van der Waals surface area contributed by atoms with Crippen molar-refractivity contribution in [2.75, 3.05) is 27.7 Å².